The number of β-lactam (4-membered cyclic amide) rings is 1. The number of nitrogens with one attached hydrogen (secondary N) is 2. The minimum absolute atomic E-state index is 0. The summed E-state index contributed by atoms with van der Waals surface area (Å²) in [5, 5.41) is 28.3. The van der Waals surface area contributed by atoms with Gasteiger partial charge in [0.2, 0.25) is 11.1 Å². The molecular formula is C21H20N7NaO6S2. The van der Waals surface area contributed by atoms with Gasteiger partial charge in [0.25, 0.3) is 11.8 Å². The van der Waals surface area contributed by atoms with Crippen LogP contribution in [0.5, 0.6) is 0 Å². The van der Waals surface area contributed by atoms with Crippen molar-refractivity contribution in [3.8, 4) is 0 Å². The van der Waals surface area contributed by atoms with E-state index in [2.05, 4.69) is 26.2 Å². The van der Waals surface area contributed by atoms with Crippen molar-refractivity contribution in [3.63, 3.8) is 0 Å². The number of epoxide rings is 1. The van der Waals surface area contributed by atoms with Gasteiger partial charge < -0.3 is 25.3 Å². The Morgan fingerprint density at radius 2 is 2.03 bits per heavy atom. The first-order valence-corrected chi connectivity index (χ1v) is 12.9. The summed E-state index contributed by atoms with van der Waals surface area (Å²) >= 11 is 2.58. The van der Waals surface area contributed by atoms with Gasteiger partial charge in [-0.3, -0.25) is 19.3 Å². The fraction of sp³-hybridized carbons (Fsp3) is 0.381. The van der Waals surface area contributed by atoms with Gasteiger partial charge in [0.15, 0.2) is 6.10 Å². The number of nitrogens with zero attached hydrogens (tertiary/aromatic N) is 5. The number of carboxylic acids is 1. The molecule has 2 fully saturated rings. The molecule has 13 nitrogen and oxygen atoms in total. The van der Waals surface area contributed by atoms with Crippen LogP contribution in [0.25, 0.3) is 0 Å². The monoisotopic (exact) mass is 553 g/mol. The van der Waals surface area contributed by atoms with Gasteiger partial charge in [-0.05, 0) is 21.6 Å². The first kappa shape index (κ1) is 27.6. The summed E-state index contributed by atoms with van der Waals surface area (Å²) in [4.78, 5) is 51.6. The Bertz CT molecular complexity index is 1260. The number of benzene rings is 1. The Kier molecular flexibility index (Phi) is 8.60. The summed E-state index contributed by atoms with van der Waals surface area (Å²) < 4.78 is 6.45. The summed E-state index contributed by atoms with van der Waals surface area (Å²) in [7, 11) is 1.66. The van der Waals surface area contributed by atoms with Crippen molar-refractivity contribution in [1.29, 1.82) is 0 Å². The minimum atomic E-state index is -1.47. The topological polar surface area (TPSA) is 175 Å². The number of aliphatic carboxylic acids is 1. The van der Waals surface area contributed by atoms with Crippen molar-refractivity contribution < 1.29 is 58.6 Å². The third kappa shape index (κ3) is 5.71. The SMILES string of the molecule is Cn1nnnc1SCC1=C(C(=O)[O-])N2C(=O)[C@@H](NC(=O)C(NC(=O)C3CO3)c3ccccc3)[C@H]2SC1.[Na+]. The van der Waals surface area contributed by atoms with Crippen LogP contribution in [0.2, 0.25) is 0 Å². The third-order valence-electron chi connectivity index (χ3n) is 5.80. The van der Waals surface area contributed by atoms with Crippen LogP contribution in [0.15, 0.2) is 46.8 Å². The molecule has 2 aromatic rings. The van der Waals surface area contributed by atoms with Gasteiger partial charge in [0, 0.05) is 18.6 Å². The van der Waals surface area contributed by atoms with Gasteiger partial charge in [-0.2, -0.15) is 0 Å². The van der Waals surface area contributed by atoms with E-state index in [4.69, 9.17) is 4.74 Å². The van der Waals surface area contributed by atoms with E-state index in [0.717, 1.165) is 4.90 Å². The predicted molar refractivity (Wildman–Crippen MR) is 124 cm³/mol. The maximum absolute atomic E-state index is 13.2. The fourth-order valence-electron chi connectivity index (χ4n) is 3.89. The molecule has 37 heavy (non-hydrogen) atoms. The molecule has 4 atom stereocenters. The average Bonchev–Trinajstić information content (AvgIpc) is 3.65. The molecule has 16 heteroatoms. The number of carbonyl (C=O) groups excluding carboxylic acids is 4. The van der Waals surface area contributed by atoms with Gasteiger partial charge in [-0.15, -0.1) is 16.9 Å². The average molecular weight is 554 g/mol. The first-order chi connectivity index (χ1) is 17.3. The van der Waals surface area contributed by atoms with Gasteiger partial charge in [-0.25, -0.2) is 4.68 Å². The normalized spacial score (nSPS) is 22.8. The van der Waals surface area contributed by atoms with Crippen molar-refractivity contribution in [2.45, 2.75) is 28.7 Å². The Morgan fingerprint density at radius 3 is 2.65 bits per heavy atom. The first-order valence-electron chi connectivity index (χ1n) is 10.9. The van der Waals surface area contributed by atoms with Crippen LogP contribution in [-0.2, 0) is 31.0 Å². The molecule has 2 N–H and O–H groups in total. The third-order valence-corrected chi connectivity index (χ3v) is 8.24. The van der Waals surface area contributed by atoms with E-state index in [0.29, 0.717) is 22.0 Å². The van der Waals surface area contributed by atoms with Gasteiger partial charge in [-0.1, -0.05) is 42.1 Å². The second-order valence-electron chi connectivity index (χ2n) is 8.18. The molecule has 0 radical (unpaired) electrons. The smallest absolute Gasteiger partial charge is 0.543 e. The minimum Gasteiger partial charge on any atom is -0.543 e. The van der Waals surface area contributed by atoms with E-state index in [1.807, 2.05) is 0 Å². The zero-order chi connectivity index (χ0) is 25.4. The number of hydrogen-bond donors (Lipinski definition) is 2. The molecule has 2 saturated heterocycles. The van der Waals surface area contributed by atoms with Gasteiger partial charge >= 0.3 is 29.6 Å². The summed E-state index contributed by atoms with van der Waals surface area (Å²) in [5.74, 6) is -2.46. The van der Waals surface area contributed by atoms with Crippen LogP contribution in [-0.4, -0.2) is 84.4 Å². The zero-order valence-corrected chi connectivity index (χ0v) is 23.5. The van der Waals surface area contributed by atoms with Crippen molar-refractivity contribution in [1.82, 2.24) is 35.7 Å². The Morgan fingerprint density at radius 1 is 1.30 bits per heavy atom. The van der Waals surface area contributed by atoms with E-state index in [1.54, 1.807) is 37.4 Å². The number of hydrogen-bond acceptors (Lipinski definition) is 11. The molecule has 3 aliphatic rings. The number of fused-ring (bicyclic) bond motifs is 1. The molecule has 0 spiro atoms. The van der Waals surface area contributed by atoms with Gasteiger partial charge in [0.1, 0.15) is 17.5 Å². The van der Waals surface area contributed by atoms with Gasteiger partial charge in [0.05, 0.1) is 18.3 Å². The fourth-order valence-corrected chi connectivity index (χ4v) is 6.23. The van der Waals surface area contributed by atoms with Crippen LogP contribution in [0.1, 0.15) is 11.6 Å². The number of aromatic nitrogens is 4. The number of aryl methyl sites for hydroxylation is 1. The molecule has 2 unspecified atom stereocenters. The molecule has 0 saturated carbocycles. The van der Waals surface area contributed by atoms with Crippen LogP contribution in [0, 0.1) is 0 Å². The molecule has 5 rings (SSSR count). The van der Waals surface area contributed by atoms with Crippen LogP contribution < -0.4 is 45.3 Å². The van der Waals surface area contributed by atoms with Crippen molar-refractivity contribution in [2.24, 2.45) is 7.05 Å². The van der Waals surface area contributed by atoms with E-state index < -0.39 is 47.3 Å². The second kappa shape index (κ2) is 11.5. The number of amides is 3. The number of ether oxygens (including phenoxy) is 1. The maximum atomic E-state index is 13.2. The van der Waals surface area contributed by atoms with Crippen LogP contribution in [0.3, 0.4) is 0 Å². The quantitative estimate of drug-likeness (QED) is 0.132. The molecule has 1 aromatic carbocycles. The molecule has 188 valence electrons. The number of rotatable bonds is 9. The number of tetrazole rings is 1. The summed E-state index contributed by atoms with van der Waals surface area (Å²) in [6.45, 7) is 0.288. The van der Waals surface area contributed by atoms with Crippen molar-refractivity contribution >= 4 is 47.2 Å². The second-order valence-corrected chi connectivity index (χ2v) is 10.2. The molecular weight excluding hydrogens is 533 g/mol. The van der Waals surface area contributed by atoms with E-state index in [9.17, 15) is 24.3 Å². The zero-order valence-electron chi connectivity index (χ0n) is 19.8. The molecule has 1 aromatic heterocycles. The Hall–Kier alpha value is -2.43. The molecule has 3 amide bonds. The Labute approximate surface area is 241 Å². The van der Waals surface area contributed by atoms with E-state index in [-0.39, 0.29) is 47.6 Å². The van der Waals surface area contributed by atoms with E-state index in [1.165, 1.54) is 28.2 Å². The summed E-state index contributed by atoms with van der Waals surface area (Å²) in [6.07, 6.45) is -0.594. The molecule has 0 aliphatic carbocycles. The molecule has 0 bridgehead atoms. The predicted octanol–water partition coefficient (Wildman–Crippen LogP) is -5.03. The number of thioether (sulfide) groups is 2. The maximum Gasteiger partial charge on any atom is 1.00 e. The largest absolute Gasteiger partial charge is 1.00 e. The number of carboxylic acid groups (broad SMARTS) is 1. The van der Waals surface area contributed by atoms with Crippen LogP contribution in [0.4, 0.5) is 0 Å². The van der Waals surface area contributed by atoms with Crippen molar-refractivity contribution in [2.75, 3.05) is 18.1 Å². The standard InChI is InChI=1S/C21H21N7O6S2.Na/c1-27-21(24-25-26-27)36-9-11-8-35-19-14(18(31)28(19)15(11)20(32)33)23-17(30)13(10-5-3-2-4-6-10)22-16(29)12-7-34-12;/h2-6,12-14,19H,7-9H2,1H3,(H,22,29)(H,23,30)(H,32,33);/q;+1/p-1/t12?,13?,14-,19-;/m1./s1. The summed E-state index contributed by atoms with van der Waals surface area (Å²) in [6, 6.07) is 6.63. The molecule has 3 aliphatic heterocycles. The van der Waals surface area contributed by atoms with Crippen molar-refractivity contribution in [3.05, 3.63) is 47.2 Å². The Balaban J connectivity index is 0.00000320. The summed E-state index contributed by atoms with van der Waals surface area (Å²) in [5.41, 5.74) is 0.841. The molecule has 4 heterocycles. The number of carbonyl (C=O) groups is 4. The van der Waals surface area contributed by atoms with Crippen LogP contribution >= 0.6 is 23.5 Å². The van der Waals surface area contributed by atoms with E-state index >= 15 is 0 Å².